The molecule has 0 spiro atoms. The maximum atomic E-state index is 10.4. The molecule has 5 heteroatoms. The predicted molar refractivity (Wildman–Crippen MR) is 77.1 cm³/mol. The zero-order chi connectivity index (χ0) is 15.0. The van der Waals surface area contributed by atoms with E-state index in [0.717, 1.165) is 18.8 Å². The predicted octanol–water partition coefficient (Wildman–Crippen LogP) is 3.52. The smallest absolute Gasteiger partial charge is 0.303 e. The Morgan fingerprint density at radius 1 is 1.35 bits per heavy atom. The lowest BCUT2D eigenvalue weighted by Gasteiger charge is -2.08. The molecule has 1 atom stereocenters. The number of carboxylic acid groups (broad SMARTS) is 1. The first-order valence-electron chi connectivity index (χ1n) is 7.46. The Kier molecular flexibility index (Phi) is 7.26. The van der Waals surface area contributed by atoms with Crippen molar-refractivity contribution in [2.75, 3.05) is 6.54 Å². The molecule has 1 N–H and O–H groups in total. The van der Waals surface area contributed by atoms with Crippen LogP contribution in [-0.2, 0) is 4.79 Å². The van der Waals surface area contributed by atoms with E-state index in [4.69, 9.17) is 5.11 Å². The van der Waals surface area contributed by atoms with E-state index >= 15 is 0 Å². The Bertz CT molecular complexity index is 330. The molecule has 0 aromatic heterocycles. The summed E-state index contributed by atoms with van der Waals surface area (Å²) in [5.74, 6) is 0.396. The molecule has 0 bridgehead atoms. The highest BCUT2D eigenvalue weighted by Gasteiger charge is 2.29. The average molecular weight is 283 g/mol. The van der Waals surface area contributed by atoms with Gasteiger partial charge in [-0.15, -0.1) is 0 Å². The maximum Gasteiger partial charge on any atom is 0.303 e. The quantitative estimate of drug-likeness (QED) is 0.420. The molecule has 0 aliphatic heterocycles. The molecule has 20 heavy (non-hydrogen) atoms. The van der Waals surface area contributed by atoms with Crippen molar-refractivity contribution in [2.45, 2.75) is 51.9 Å². The first-order valence-corrected chi connectivity index (χ1v) is 7.46. The number of carboxylic acids is 1. The zero-order valence-corrected chi connectivity index (χ0v) is 12.2. The van der Waals surface area contributed by atoms with Crippen molar-refractivity contribution in [3.05, 3.63) is 22.3 Å². The van der Waals surface area contributed by atoms with Gasteiger partial charge in [0, 0.05) is 10.8 Å². The number of rotatable bonds is 8. The molecule has 5 nitrogen and oxygen atoms in total. The highest BCUT2D eigenvalue weighted by molar-refractivity contribution is 5.67. The third-order valence-corrected chi connectivity index (χ3v) is 3.64. The van der Waals surface area contributed by atoms with E-state index in [1.165, 1.54) is 19.3 Å². The van der Waals surface area contributed by atoms with Gasteiger partial charge in [0.05, 0.1) is 6.42 Å². The third kappa shape index (κ3) is 9.53. The lowest BCUT2D eigenvalue weighted by atomic mass is 9.99. The molecule has 2 aliphatic rings. The molecule has 0 heterocycles. The van der Waals surface area contributed by atoms with Gasteiger partial charge >= 0.3 is 5.97 Å². The molecule has 0 saturated heterocycles. The summed E-state index contributed by atoms with van der Waals surface area (Å²) in [5, 5.41) is 18.7. The highest BCUT2D eigenvalue weighted by Crippen LogP contribution is 2.36. The van der Waals surface area contributed by atoms with Crippen LogP contribution in [-0.4, -0.2) is 22.5 Å². The summed E-state index contributed by atoms with van der Waals surface area (Å²) in [6.45, 7) is 1.88. The maximum absolute atomic E-state index is 10.4. The number of hydrogen-bond acceptors (Lipinski definition) is 3. The Balaban J connectivity index is 0.000000240. The van der Waals surface area contributed by atoms with Gasteiger partial charge in [0.25, 0.3) is 0 Å². The molecule has 0 aromatic rings. The molecule has 2 saturated carbocycles. The molecule has 2 fully saturated rings. The first-order chi connectivity index (χ1) is 9.51. The highest BCUT2D eigenvalue weighted by atomic mass is 16.6. The molecule has 2 rings (SSSR count). The van der Waals surface area contributed by atoms with Crippen LogP contribution < -0.4 is 0 Å². The minimum atomic E-state index is -0.937. The standard InChI is InChI=1S/C8H13NO4.C7H12/c10-8(11)4-7(5-9(12)13)3-6-1-2-6;1-2-3-4-7-5-6-7/h6-7H,1-5H2,(H,10,11);2-3,7H,4-6H2,1H3/b;3-2+. The monoisotopic (exact) mass is 283 g/mol. The van der Waals surface area contributed by atoms with Crippen LogP contribution >= 0.6 is 0 Å². The van der Waals surface area contributed by atoms with Gasteiger partial charge in [-0.05, 0) is 44.4 Å². The second-order valence-corrected chi connectivity index (χ2v) is 5.91. The molecule has 0 radical (unpaired) electrons. The normalized spacial score (nSPS) is 19.2. The average Bonchev–Trinajstić information content (AvgIpc) is 3.20. The van der Waals surface area contributed by atoms with E-state index < -0.39 is 10.9 Å². The minimum absolute atomic E-state index is 0.0719. The summed E-state index contributed by atoms with van der Waals surface area (Å²) in [5.41, 5.74) is 0. The number of allylic oxidation sites excluding steroid dienone is 2. The fourth-order valence-corrected chi connectivity index (χ4v) is 2.19. The van der Waals surface area contributed by atoms with Gasteiger partial charge in [-0.3, -0.25) is 14.9 Å². The Hall–Kier alpha value is -1.39. The van der Waals surface area contributed by atoms with Crippen molar-refractivity contribution in [3.8, 4) is 0 Å². The van der Waals surface area contributed by atoms with Crippen molar-refractivity contribution in [3.63, 3.8) is 0 Å². The molecular formula is C15H25NO4. The Morgan fingerprint density at radius 3 is 2.35 bits per heavy atom. The van der Waals surface area contributed by atoms with Crippen LogP contribution in [0.4, 0.5) is 0 Å². The summed E-state index contributed by atoms with van der Waals surface area (Å²) in [6, 6.07) is 0. The summed E-state index contributed by atoms with van der Waals surface area (Å²) in [7, 11) is 0. The molecular weight excluding hydrogens is 258 g/mol. The molecule has 114 valence electrons. The van der Waals surface area contributed by atoms with Gasteiger partial charge in [0.2, 0.25) is 6.54 Å². The van der Waals surface area contributed by atoms with Gasteiger partial charge in [-0.25, -0.2) is 0 Å². The SMILES string of the molecule is C/C=C/CC1CC1.O=C(O)CC(CC1CC1)C[N+](=O)[O-]. The van der Waals surface area contributed by atoms with Crippen LogP contribution in [0.2, 0.25) is 0 Å². The van der Waals surface area contributed by atoms with Crippen molar-refractivity contribution >= 4 is 5.97 Å². The largest absolute Gasteiger partial charge is 0.481 e. The van der Waals surface area contributed by atoms with Crippen molar-refractivity contribution < 1.29 is 14.8 Å². The molecule has 0 amide bonds. The van der Waals surface area contributed by atoms with Crippen LogP contribution in [0.5, 0.6) is 0 Å². The zero-order valence-electron chi connectivity index (χ0n) is 12.2. The number of nitrogens with zero attached hydrogens (tertiary/aromatic N) is 1. The molecule has 2 aliphatic carbocycles. The second-order valence-electron chi connectivity index (χ2n) is 5.91. The number of aliphatic carboxylic acids is 1. The van der Waals surface area contributed by atoms with E-state index in [1.807, 2.05) is 0 Å². The molecule has 0 aromatic carbocycles. The number of carbonyl (C=O) groups is 1. The van der Waals surface area contributed by atoms with E-state index in [9.17, 15) is 14.9 Å². The van der Waals surface area contributed by atoms with Crippen LogP contribution in [0.15, 0.2) is 12.2 Å². The Morgan fingerprint density at radius 2 is 1.95 bits per heavy atom. The summed E-state index contributed by atoms with van der Waals surface area (Å²) in [4.78, 5) is 20.2. The van der Waals surface area contributed by atoms with E-state index in [-0.39, 0.29) is 18.9 Å². The minimum Gasteiger partial charge on any atom is -0.481 e. The number of nitro groups is 1. The fraction of sp³-hybridized carbons (Fsp3) is 0.800. The van der Waals surface area contributed by atoms with Crippen molar-refractivity contribution in [1.82, 2.24) is 0 Å². The van der Waals surface area contributed by atoms with Crippen molar-refractivity contribution in [1.29, 1.82) is 0 Å². The van der Waals surface area contributed by atoms with Gasteiger partial charge in [-0.2, -0.15) is 0 Å². The van der Waals surface area contributed by atoms with Crippen LogP contribution in [0, 0.1) is 27.9 Å². The van der Waals surface area contributed by atoms with E-state index in [1.54, 1.807) is 0 Å². The third-order valence-electron chi connectivity index (χ3n) is 3.64. The Labute approximate surface area is 120 Å². The van der Waals surface area contributed by atoms with Crippen LogP contribution in [0.3, 0.4) is 0 Å². The van der Waals surface area contributed by atoms with Crippen LogP contribution in [0.25, 0.3) is 0 Å². The lowest BCUT2D eigenvalue weighted by Crippen LogP contribution is -2.18. The van der Waals surface area contributed by atoms with Crippen molar-refractivity contribution in [2.24, 2.45) is 17.8 Å². The van der Waals surface area contributed by atoms with E-state index in [2.05, 4.69) is 19.1 Å². The summed E-state index contributed by atoms with van der Waals surface area (Å²) >= 11 is 0. The second kappa shape index (κ2) is 8.72. The lowest BCUT2D eigenvalue weighted by molar-refractivity contribution is -0.488. The molecule has 1 unspecified atom stereocenters. The summed E-state index contributed by atoms with van der Waals surface area (Å²) in [6.07, 6.45) is 11.5. The first kappa shape index (κ1) is 16.7. The number of hydrogen-bond donors (Lipinski definition) is 1. The topological polar surface area (TPSA) is 80.4 Å². The van der Waals surface area contributed by atoms with Gasteiger partial charge in [0.15, 0.2) is 0 Å². The van der Waals surface area contributed by atoms with Gasteiger partial charge < -0.3 is 5.11 Å². The van der Waals surface area contributed by atoms with Gasteiger partial charge in [-0.1, -0.05) is 25.0 Å². The fourth-order valence-electron chi connectivity index (χ4n) is 2.19. The summed E-state index contributed by atoms with van der Waals surface area (Å²) < 4.78 is 0. The van der Waals surface area contributed by atoms with E-state index in [0.29, 0.717) is 12.3 Å². The van der Waals surface area contributed by atoms with Crippen LogP contribution in [0.1, 0.15) is 51.9 Å². The van der Waals surface area contributed by atoms with Gasteiger partial charge in [0.1, 0.15) is 0 Å².